The zero-order chi connectivity index (χ0) is 12.6. The molecule has 0 fully saturated rings. The van der Waals surface area contributed by atoms with Crippen molar-refractivity contribution < 1.29 is 14.3 Å². The molecule has 0 radical (unpaired) electrons. The minimum atomic E-state index is -1.09. The first-order valence-corrected chi connectivity index (χ1v) is 5.27. The Bertz CT molecular complexity index is 569. The summed E-state index contributed by atoms with van der Waals surface area (Å²) in [6.45, 7) is 3.58. The average Bonchev–Trinajstić information content (AvgIpc) is 2.81. The topological polar surface area (TPSA) is 81.1 Å². The second-order valence-corrected chi connectivity index (χ2v) is 3.73. The molecular weight excluding hydrogens is 222 g/mol. The van der Waals surface area contributed by atoms with Crippen molar-refractivity contribution in [1.29, 1.82) is 0 Å². The van der Waals surface area contributed by atoms with Crippen LogP contribution < -0.4 is 0 Å². The van der Waals surface area contributed by atoms with Crippen molar-refractivity contribution in [3.63, 3.8) is 0 Å². The molecule has 0 amide bonds. The van der Waals surface area contributed by atoms with Crippen LogP contribution in [-0.4, -0.2) is 25.8 Å². The molecule has 0 atom stereocenters. The fraction of sp³-hybridized carbons (Fsp3) is 0.364. The summed E-state index contributed by atoms with van der Waals surface area (Å²) in [6.07, 6.45) is 0.805. The number of aryl methyl sites for hydroxylation is 3. The number of hydrogen-bond donors (Lipinski definition) is 1. The van der Waals surface area contributed by atoms with Gasteiger partial charge in [0.25, 0.3) is 0 Å². The smallest absolute Gasteiger partial charge is 0.358 e. The molecule has 0 spiro atoms. The van der Waals surface area contributed by atoms with Gasteiger partial charge >= 0.3 is 5.97 Å². The Morgan fingerprint density at radius 2 is 2.29 bits per heavy atom. The maximum atomic E-state index is 10.9. The van der Waals surface area contributed by atoms with Gasteiger partial charge in [-0.1, -0.05) is 6.92 Å². The molecule has 0 bridgehead atoms. The molecule has 1 N–H and O–H groups in total. The van der Waals surface area contributed by atoms with Gasteiger partial charge in [0.1, 0.15) is 11.5 Å². The van der Waals surface area contributed by atoms with Crippen molar-refractivity contribution >= 4 is 5.97 Å². The molecule has 90 valence electrons. The van der Waals surface area contributed by atoms with Gasteiger partial charge in [0.15, 0.2) is 5.69 Å². The molecule has 0 aliphatic heterocycles. The lowest BCUT2D eigenvalue weighted by Crippen LogP contribution is -1.99. The SMILES string of the molecule is CCc1cc(-c2nc(C(=O)O)c(C)o2)n(C)n1. The lowest BCUT2D eigenvalue weighted by Gasteiger charge is -1.93. The highest BCUT2D eigenvalue weighted by atomic mass is 16.4. The summed E-state index contributed by atoms with van der Waals surface area (Å²) in [5, 5.41) is 13.2. The van der Waals surface area contributed by atoms with Gasteiger partial charge in [-0.3, -0.25) is 4.68 Å². The Morgan fingerprint density at radius 3 is 2.76 bits per heavy atom. The van der Waals surface area contributed by atoms with Crippen LogP contribution in [0.4, 0.5) is 0 Å². The van der Waals surface area contributed by atoms with Crippen LogP contribution >= 0.6 is 0 Å². The molecular formula is C11H13N3O3. The van der Waals surface area contributed by atoms with E-state index in [4.69, 9.17) is 9.52 Å². The number of carbonyl (C=O) groups is 1. The second-order valence-electron chi connectivity index (χ2n) is 3.73. The van der Waals surface area contributed by atoms with Gasteiger partial charge in [0.2, 0.25) is 5.89 Å². The standard InChI is InChI=1S/C11H13N3O3/c1-4-7-5-8(14(3)13-7)10-12-9(11(15)16)6(2)17-10/h5H,4H2,1-3H3,(H,15,16). The molecule has 0 aromatic carbocycles. The largest absolute Gasteiger partial charge is 0.476 e. The van der Waals surface area contributed by atoms with Gasteiger partial charge in [-0.15, -0.1) is 0 Å². The van der Waals surface area contributed by atoms with E-state index >= 15 is 0 Å². The quantitative estimate of drug-likeness (QED) is 0.874. The fourth-order valence-electron chi connectivity index (χ4n) is 1.60. The fourth-order valence-corrected chi connectivity index (χ4v) is 1.60. The molecule has 0 unspecified atom stereocenters. The summed E-state index contributed by atoms with van der Waals surface area (Å²) < 4.78 is 6.98. The summed E-state index contributed by atoms with van der Waals surface area (Å²) >= 11 is 0. The van der Waals surface area contributed by atoms with Crippen LogP contribution in [0.2, 0.25) is 0 Å². The van der Waals surface area contributed by atoms with Crippen molar-refractivity contribution in [2.75, 3.05) is 0 Å². The Morgan fingerprint density at radius 1 is 1.59 bits per heavy atom. The van der Waals surface area contributed by atoms with E-state index in [1.807, 2.05) is 13.0 Å². The van der Waals surface area contributed by atoms with E-state index in [1.54, 1.807) is 18.7 Å². The minimum Gasteiger partial charge on any atom is -0.476 e. The zero-order valence-electron chi connectivity index (χ0n) is 9.89. The van der Waals surface area contributed by atoms with Crippen LogP contribution in [0.1, 0.15) is 28.9 Å². The van der Waals surface area contributed by atoms with Crippen molar-refractivity contribution in [1.82, 2.24) is 14.8 Å². The molecule has 2 aromatic rings. The first-order valence-electron chi connectivity index (χ1n) is 5.27. The molecule has 0 saturated heterocycles. The van der Waals surface area contributed by atoms with Gasteiger partial charge in [-0.05, 0) is 19.4 Å². The number of aromatic carboxylic acids is 1. The highest BCUT2D eigenvalue weighted by Crippen LogP contribution is 2.22. The van der Waals surface area contributed by atoms with Crippen molar-refractivity contribution in [3.8, 4) is 11.6 Å². The number of oxazole rings is 1. The van der Waals surface area contributed by atoms with Crippen molar-refractivity contribution in [2.24, 2.45) is 7.05 Å². The highest BCUT2D eigenvalue weighted by Gasteiger charge is 2.19. The normalized spacial score (nSPS) is 10.8. The number of carboxylic acid groups (broad SMARTS) is 1. The van der Waals surface area contributed by atoms with Crippen molar-refractivity contribution in [2.45, 2.75) is 20.3 Å². The third-order valence-electron chi connectivity index (χ3n) is 2.51. The molecule has 17 heavy (non-hydrogen) atoms. The van der Waals surface area contributed by atoms with Gasteiger partial charge in [0, 0.05) is 7.05 Å². The Balaban J connectivity index is 2.49. The summed E-state index contributed by atoms with van der Waals surface area (Å²) in [4.78, 5) is 14.8. The van der Waals surface area contributed by atoms with Crippen LogP contribution in [0.25, 0.3) is 11.6 Å². The maximum absolute atomic E-state index is 10.9. The van der Waals surface area contributed by atoms with Crippen LogP contribution in [0.5, 0.6) is 0 Å². The van der Waals surface area contributed by atoms with E-state index in [-0.39, 0.29) is 11.6 Å². The molecule has 2 aromatic heterocycles. The molecule has 0 aliphatic carbocycles. The molecule has 6 heteroatoms. The van der Waals surface area contributed by atoms with Crippen LogP contribution in [0.15, 0.2) is 10.5 Å². The van der Waals surface area contributed by atoms with E-state index in [0.29, 0.717) is 11.5 Å². The van der Waals surface area contributed by atoms with Gasteiger partial charge < -0.3 is 9.52 Å². The number of rotatable bonds is 3. The molecule has 2 rings (SSSR count). The lowest BCUT2D eigenvalue weighted by atomic mass is 10.3. The van der Waals surface area contributed by atoms with Crippen molar-refractivity contribution in [3.05, 3.63) is 23.2 Å². The number of carboxylic acids is 1. The van der Waals surface area contributed by atoms with Crippen LogP contribution in [0.3, 0.4) is 0 Å². The summed E-state index contributed by atoms with van der Waals surface area (Å²) in [6, 6.07) is 1.84. The summed E-state index contributed by atoms with van der Waals surface area (Å²) in [5.41, 5.74) is 1.53. The zero-order valence-corrected chi connectivity index (χ0v) is 9.89. The highest BCUT2D eigenvalue weighted by molar-refractivity contribution is 5.86. The van der Waals surface area contributed by atoms with E-state index in [1.165, 1.54) is 0 Å². The van der Waals surface area contributed by atoms with Crippen LogP contribution in [0, 0.1) is 6.92 Å². The predicted octanol–water partition coefficient (Wildman–Crippen LogP) is 1.64. The lowest BCUT2D eigenvalue weighted by molar-refractivity contribution is 0.0689. The van der Waals surface area contributed by atoms with Gasteiger partial charge in [0.05, 0.1) is 5.69 Å². The average molecular weight is 235 g/mol. The first-order chi connectivity index (χ1) is 8.02. The number of aromatic nitrogens is 3. The maximum Gasteiger partial charge on any atom is 0.358 e. The summed E-state index contributed by atoms with van der Waals surface area (Å²) in [5.74, 6) is -0.503. The molecule has 2 heterocycles. The number of nitrogens with zero attached hydrogens (tertiary/aromatic N) is 3. The van der Waals surface area contributed by atoms with Gasteiger partial charge in [-0.2, -0.15) is 5.10 Å². The van der Waals surface area contributed by atoms with Gasteiger partial charge in [-0.25, -0.2) is 9.78 Å². The van der Waals surface area contributed by atoms with E-state index in [9.17, 15) is 4.79 Å². The third-order valence-corrected chi connectivity index (χ3v) is 2.51. The molecule has 0 saturated carbocycles. The Labute approximate surface area is 97.9 Å². The summed E-state index contributed by atoms with van der Waals surface area (Å²) in [7, 11) is 1.77. The molecule has 0 aliphatic rings. The third kappa shape index (κ3) is 1.93. The van der Waals surface area contributed by atoms with E-state index in [2.05, 4.69) is 10.1 Å². The van der Waals surface area contributed by atoms with Crippen LogP contribution in [-0.2, 0) is 13.5 Å². The predicted molar refractivity (Wildman–Crippen MR) is 59.8 cm³/mol. The minimum absolute atomic E-state index is 0.0563. The van der Waals surface area contributed by atoms with E-state index in [0.717, 1.165) is 12.1 Å². The monoisotopic (exact) mass is 235 g/mol. The van der Waals surface area contributed by atoms with E-state index < -0.39 is 5.97 Å². The first kappa shape index (κ1) is 11.4. The Hall–Kier alpha value is -2.11. The Kier molecular flexibility index (Phi) is 2.71. The number of hydrogen-bond acceptors (Lipinski definition) is 4. The second kappa shape index (κ2) is 4.04. The molecule has 6 nitrogen and oxygen atoms in total.